The van der Waals surface area contributed by atoms with Crippen LogP contribution in [-0.4, -0.2) is 37.6 Å². The summed E-state index contributed by atoms with van der Waals surface area (Å²) in [6.07, 6.45) is 3.73. The molecule has 2 atom stereocenters. The van der Waals surface area contributed by atoms with Crippen molar-refractivity contribution < 1.29 is 18.7 Å². The number of nitrogens with one attached hydrogen (secondary N) is 2. The Morgan fingerprint density at radius 2 is 2.37 bits per heavy atom. The Morgan fingerprint density at radius 1 is 1.53 bits per heavy atom. The number of amides is 2. The summed E-state index contributed by atoms with van der Waals surface area (Å²) in [4.78, 5) is 23.5. The Balaban J connectivity index is 1.74. The van der Waals surface area contributed by atoms with E-state index in [2.05, 4.69) is 10.6 Å². The normalized spacial score (nSPS) is 19.9. The van der Waals surface area contributed by atoms with E-state index in [1.54, 1.807) is 13.0 Å². The lowest BCUT2D eigenvalue weighted by atomic mass is 10.1. The molecular weight excluding hydrogens is 248 g/mol. The van der Waals surface area contributed by atoms with Crippen molar-refractivity contribution in [1.29, 1.82) is 0 Å². The maximum Gasteiger partial charge on any atom is 0.255 e. The lowest BCUT2D eigenvalue weighted by Gasteiger charge is -2.15. The first-order valence-electron chi connectivity index (χ1n) is 6.35. The summed E-state index contributed by atoms with van der Waals surface area (Å²) in [5.74, 6) is -0.134. The SMILES string of the molecule is C[C@@H](NC(=O)c1ccoc1)C(=O)NC[C@H]1CCOC1. The van der Waals surface area contributed by atoms with E-state index in [0.717, 1.165) is 13.0 Å². The summed E-state index contributed by atoms with van der Waals surface area (Å²) < 4.78 is 10.0. The lowest BCUT2D eigenvalue weighted by Crippen LogP contribution is -2.46. The van der Waals surface area contributed by atoms with Gasteiger partial charge in [0.25, 0.3) is 5.91 Å². The van der Waals surface area contributed by atoms with Gasteiger partial charge in [0.15, 0.2) is 0 Å². The monoisotopic (exact) mass is 266 g/mol. The van der Waals surface area contributed by atoms with E-state index in [-0.39, 0.29) is 11.8 Å². The summed E-state index contributed by atoms with van der Waals surface area (Å²) in [7, 11) is 0. The molecule has 1 fully saturated rings. The first-order valence-corrected chi connectivity index (χ1v) is 6.35. The highest BCUT2D eigenvalue weighted by molar-refractivity contribution is 5.97. The fraction of sp³-hybridized carbons (Fsp3) is 0.538. The molecular formula is C13H18N2O4. The summed E-state index contributed by atoms with van der Waals surface area (Å²) in [6.45, 7) is 3.69. The average molecular weight is 266 g/mol. The molecule has 0 aliphatic carbocycles. The van der Waals surface area contributed by atoms with E-state index in [9.17, 15) is 9.59 Å². The molecule has 6 nitrogen and oxygen atoms in total. The van der Waals surface area contributed by atoms with Crippen molar-refractivity contribution >= 4 is 11.8 Å². The van der Waals surface area contributed by atoms with Gasteiger partial charge < -0.3 is 19.8 Å². The summed E-state index contributed by atoms with van der Waals surface area (Å²) in [5.41, 5.74) is 0.406. The molecule has 2 heterocycles. The maximum absolute atomic E-state index is 11.8. The van der Waals surface area contributed by atoms with Crippen molar-refractivity contribution in [3.8, 4) is 0 Å². The molecule has 2 rings (SSSR count). The van der Waals surface area contributed by atoms with Gasteiger partial charge in [0.1, 0.15) is 12.3 Å². The maximum atomic E-state index is 11.8. The second-order valence-corrected chi connectivity index (χ2v) is 4.68. The third-order valence-corrected chi connectivity index (χ3v) is 3.11. The molecule has 1 aromatic rings. The number of rotatable bonds is 5. The third-order valence-electron chi connectivity index (χ3n) is 3.11. The summed E-state index contributed by atoms with van der Waals surface area (Å²) in [6, 6.07) is 0.972. The van der Waals surface area contributed by atoms with Gasteiger partial charge in [0.05, 0.1) is 18.4 Å². The molecule has 0 aromatic carbocycles. The van der Waals surface area contributed by atoms with Gasteiger partial charge in [-0.25, -0.2) is 0 Å². The Kier molecular flexibility index (Phi) is 4.57. The minimum Gasteiger partial charge on any atom is -0.472 e. The highest BCUT2D eigenvalue weighted by atomic mass is 16.5. The van der Waals surface area contributed by atoms with Crippen LogP contribution in [-0.2, 0) is 9.53 Å². The minimum absolute atomic E-state index is 0.191. The molecule has 1 aliphatic rings. The van der Waals surface area contributed by atoms with E-state index in [0.29, 0.717) is 24.6 Å². The van der Waals surface area contributed by atoms with Gasteiger partial charge in [0.2, 0.25) is 5.91 Å². The zero-order valence-corrected chi connectivity index (χ0v) is 10.8. The summed E-state index contributed by atoms with van der Waals surface area (Å²) in [5, 5.41) is 5.43. The van der Waals surface area contributed by atoms with Gasteiger partial charge in [-0.1, -0.05) is 0 Å². The number of carbonyl (C=O) groups is 2. The van der Waals surface area contributed by atoms with Crippen LogP contribution >= 0.6 is 0 Å². The number of furan rings is 1. The molecule has 0 spiro atoms. The molecule has 104 valence electrons. The standard InChI is InChI=1S/C13H18N2O4/c1-9(15-13(17)11-3-5-19-8-11)12(16)14-6-10-2-4-18-7-10/h3,5,8-10H,2,4,6-7H2,1H3,(H,14,16)(H,15,17)/t9-,10-/m1/s1. The fourth-order valence-electron chi connectivity index (χ4n) is 1.88. The molecule has 0 saturated carbocycles. The predicted octanol–water partition coefficient (Wildman–Crippen LogP) is 0.551. The second-order valence-electron chi connectivity index (χ2n) is 4.68. The van der Waals surface area contributed by atoms with Crippen LogP contribution in [0, 0.1) is 5.92 Å². The zero-order valence-electron chi connectivity index (χ0n) is 10.8. The van der Waals surface area contributed by atoms with Crippen LogP contribution in [0.15, 0.2) is 23.0 Å². The third kappa shape index (κ3) is 3.82. The van der Waals surface area contributed by atoms with Crippen molar-refractivity contribution in [1.82, 2.24) is 10.6 Å². The Labute approximate surface area is 111 Å². The molecule has 1 aromatic heterocycles. The van der Waals surface area contributed by atoms with Gasteiger partial charge in [-0.2, -0.15) is 0 Å². The molecule has 0 radical (unpaired) electrons. The molecule has 2 N–H and O–H groups in total. The molecule has 6 heteroatoms. The molecule has 2 amide bonds. The van der Waals surface area contributed by atoms with Crippen LogP contribution in [0.4, 0.5) is 0 Å². The van der Waals surface area contributed by atoms with Crippen LogP contribution < -0.4 is 10.6 Å². The van der Waals surface area contributed by atoms with Crippen LogP contribution in [0.1, 0.15) is 23.7 Å². The fourth-order valence-corrected chi connectivity index (χ4v) is 1.88. The van der Waals surface area contributed by atoms with Crippen LogP contribution in [0.3, 0.4) is 0 Å². The van der Waals surface area contributed by atoms with Gasteiger partial charge in [0, 0.05) is 19.1 Å². The van der Waals surface area contributed by atoms with E-state index >= 15 is 0 Å². The van der Waals surface area contributed by atoms with Gasteiger partial charge in [-0.15, -0.1) is 0 Å². The van der Waals surface area contributed by atoms with E-state index in [1.807, 2.05) is 0 Å². The second kappa shape index (κ2) is 6.38. The average Bonchev–Trinajstić information content (AvgIpc) is 3.08. The zero-order chi connectivity index (χ0) is 13.7. The Hall–Kier alpha value is -1.82. The first kappa shape index (κ1) is 13.6. The molecule has 1 aliphatic heterocycles. The van der Waals surface area contributed by atoms with Crippen molar-refractivity contribution in [2.45, 2.75) is 19.4 Å². The van der Waals surface area contributed by atoms with Crippen molar-refractivity contribution in [3.63, 3.8) is 0 Å². The Bertz CT molecular complexity index is 424. The van der Waals surface area contributed by atoms with E-state index < -0.39 is 6.04 Å². The molecule has 19 heavy (non-hydrogen) atoms. The highest BCUT2D eigenvalue weighted by Gasteiger charge is 2.20. The van der Waals surface area contributed by atoms with E-state index in [1.165, 1.54) is 12.5 Å². The Morgan fingerprint density at radius 3 is 3.00 bits per heavy atom. The first-order chi connectivity index (χ1) is 9.16. The molecule has 1 saturated heterocycles. The van der Waals surface area contributed by atoms with Gasteiger partial charge in [-0.3, -0.25) is 9.59 Å². The van der Waals surface area contributed by atoms with Crippen LogP contribution in [0.2, 0.25) is 0 Å². The van der Waals surface area contributed by atoms with Crippen LogP contribution in [0.5, 0.6) is 0 Å². The number of ether oxygens (including phenoxy) is 1. The lowest BCUT2D eigenvalue weighted by molar-refractivity contribution is -0.122. The highest BCUT2D eigenvalue weighted by Crippen LogP contribution is 2.10. The largest absolute Gasteiger partial charge is 0.472 e. The van der Waals surface area contributed by atoms with Crippen molar-refractivity contribution in [2.75, 3.05) is 19.8 Å². The number of carbonyl (C=O) groups excluding carboxylic acids is 2. The minimum atomic E-state index is -0.579. The number of hydrogen-bond acceptors (Lipinski definition) is 4. The topological polar surface area (TPSA) is 80.6 Å². The van der Waals surface area contributed by atoms with Crippen molar-refractivity contribution in [2.24, 2.45) is 5.92 Å². The number of hydrogen-bond donors (Lipinski definition) is 2. The van der Waals surface area contributed by atoms with E-state index in [4.69, 9.17) is 9.15 Å². The summed E-state index contributed by atoms with van der Waals surface area (Å²) >= 11 is 0. The predicted molar refractivity (Wildman–Crippen MR) is 67.6 cm³/mol. The molecule has 0 unspecified atom stereocenters. The van der Waals surface area contributed by atoms with Crippen molar-refractivity contribution in [3.05, 3.63) is 24.2 Å². The van der Waals surface area contributed by atoms with Gasteiger partial charge in [-0.05, 0) is 19.4 Å². The van der Waals surface area contributed by atoms with Gasteiger partial charge >= 0.3 is 0 Å². The smallest absolute Gasteiger partial charge is 0.255 e. The van der Waals surface area contributed by atoms with Crippen LogP contribution in [0.25, 0.3) is 0 Å². The molecule has 0 bridgehead atoms. The quantitative estimate of drug-likeness (QED) is 0.815.